The molecule has 1 unspecified atom stereocenters. The molecule has 1 atom stereocenters. The number of hydrogen-bond acceptors (Lipinski definition) is 3. The number of benzene rings is 3. The molecule has 0 aliphatic carbocycles. The summed E-state index contributed by atoms with van der Waals surface area (Å²) in [6, 6.07) is 31.4. The van der Waals surface area contributed by atoms with Crippen molar-refractivity contribution in [2.45, 2.75) is 11.8 Å². The first-order valence-corrected chi connectivity index (χ1v) is 9.78. The minimum atomic E-state index is -0.815. The molecule has 1 aliphatic heterocycles. The van der Waals surface area contributed by atoms with Crippen molar-refractivity contribution in [3.63, 3.8) is 0 Å². The Morgan fingerprint density at radius 2 is 1.41 bits per heavy atom. The summed E-state index contributed by atoms with van der Waals surface area (Å²) < 4.78 is 5.51. The quantitative estimate of drug-likeness (QED) is 0.637. The Kier molecular flexibility index (Phi) is 5.31. The maximum absolute atomic E-state index is 12.7. The number of carbonyl (C=O) groups excluding carboxylic acids is 1. The molecule has 0 bridgehead atoms. The Morgan fingerprint density at radius 1 is 0.897 bits per heavy atom. The van der Waals surface area contributed by atoms with E-state index in [1.165, 1.54) is 0 Å². The summed E-state index contributed by atoms with van der Waals surface area (Å²) in [6.07, 6.45) is 0.369. The number of rotatable bonds is 4. The van der Waals surface area contributed by atoms with Crippen LogP contribution in [0.15, 0.2) is 91.0 Å². The molecule has 1 saturated heterocycles. The predicted octanol–water partition coefficient (Wildman–Crippen LogP) is 5.02. The molecule has 1 heterocycles. The lowest BCUT2D eigenvalue weighted by Gasteiger charge is -2.34. The van der Waals surface area contributed by atoms with Crippen LogP contribution < -0.4 is 4.74 Å². The SMILES string of the molecule is N#CC(c1ccccc1)(c1ccccc1)C1CCN(C(=O)Oc2ccccc2)C1. The molecular formula is C25H22N2O2. The minimum Gasteiger partial charge on any atom is -0.410 e. The highest BCUT2D eigenvalue weighted by Gasteiger charge is 2.46. The Hall–Kier alpha value is -3.58. The second-order valence-electron chi connectivity index (χ2n) is 7.26. The molecule has 1 fully saturated rings. The highest BCUT2D eigenvalue weighted by molar-refractivity contribution is 5.71. The van der Waals surface area contributed by atoms with Crippen LogP contribution in [0.4, 0.5) is 4.79 Å². The highest BCUT2D eigenvalue weighted by Crippen LogP contribution is 2.43. The van der Waals surface area contributed by atoms with Crippen molar-refractivity contribution in [3.8, 4) is 11.8 Å². The van der Waals surface area contributed by atoms with Crippen molar-refractivity contribution >= 4 is 6.09 Å². The van der Waals surface area contributed by atoms with Crippen LogP contribution in [0.2, 0.25) is 0 Å². The van der Waals surface area contributed by atoms with Gasteiger partial charge < -0.3 is 9.64 Å². The molecule has 1 amide bonds. The fourth-order valence-corrected chi connectivity index (χ4v) is 4.19. The molecule has 29 heavy (non-hydrogen) atoms. The largest absolute Gasteiger partial charge is 0.415 e. The van der Waals surface area contributed by atoms with Gasteiger partial charge in [0.25, 0.3) is 0 Å². The van der Waals surface area contributed by atoms with Gasteiger partial charge in [0.1, 0.15) is 11.2 Å². The Labute approximate surface area is 171 Å². The van der Waals surface area contributed by atoms with Crippen LogP contribution in [0.25, 0.3) is 0 Å². The highest BCUT2D eigenvalue weighted by atomic mass is 16.6. The van der Waals surface area contributed by atoms with E-state index in [1.807, 2.05) is 78.9 Å². The van der Waals surface area contributed by atoms with E-state index >= 15 is 0 Å². The molecule has 4 rings (SSSR count). The number of para-hydroxylation sites is 1. The van der Waals surface area contributed by atoms with Gasteiger partial charge in [0, 0.05) is 19.0 Å². The van der Waals surface area contributed by atoms with E-state index in [9.17, 15) is 10.1 Å². The standard InChI is InChI=1S/C25H22N2O2/c26-19-25(20-10-4-1-5-11-20,21-12-6-2-7-13-21)22-16-17-27(18-22)24(28)29-23-14-8-3-9-15-23/h1-15,22H,16-18H2. The van der Waals surface area contributed by atoms with Crippen LogP contribution in [0.5, 0.6) is 5.75 Å². The number of ether oxygens (including phenoxy) is 1. The van der Waals surface area contributed by atoms with E-state index in [0.717, 1.165) is 17.5 Å². The van der Waals surface area contributed by atoms with Crippen molar-refractivity contribution in [1.29, 1.82) is 5.26 Å². The van der Waals surface area contributed by atoms with Gasteiger partial charge in [-0.2, -0.15) is 5.26 Å². The van der Waals surface area contributed by atoms with Crippen LogP contribution in [0.3, 0.4) is 0 Å². The molecule has 144 valence electrons. The van der Waals surface area contributed by atoms with E-state index in [2.05, 4.69) is 6.07 Å². The molecule has 0 spiro atoms. The average molecular weight is 382 g/mol. The van der Waals surface area contributed by atoms with Gasteiger partial charge in [-0.1, -0.05) is 78.9 Å². The van der Waals surface area contributed by atoms with Gasteiger partial charge >= 0.3 is 6.09 Å². The maximum Gasteiger partial charge on any atom is 0.415 e. The molecule has 0 saturated carbocycles. The van der Waals surface area contributed by atoms with Crippen molar-refractivity contribution < 1.29 is 9.53 Å². The third-order valence-electron chi connectivity index (χ3n) is 5.64. The lowest BCUT2D eigenvalue weighted by molar-refractivity contribution is 0.160. The fraction of sp³-hybridized carbons (Fsp3) is 0.200. The van der Waals surface area contributed by atoms with E-state index in [4.69, 9.17) is 4.74 Å². The number of nitrogens with zero attached hydrogens (tertiary/aromatic N) is 2. The van der Waals surface area contributed by atoms with Crippen LogP contribution in [-0.2, 0) is 5.41 Å². The summed E-state index contributed by atoms with van der Waals surface area (Å²) in [6.45, 7) is 1.04. The van der Waals surface area contributed by atoms with E-state index < -0.39 is 5.41 Å². The summed E-state index contributed by atoms with van der Waals surface area (Å²) >= 11 is 0. The number of amides is 1. The zero-order valence-corrected chi connectivity index (χ0v) is 16.1. The minimum absolute atomic E-state index is 0.0272. The van der Waals surface area contributed by atoms with Crippen molar-refractivity contribution in [1.82, 2.24) is 4.90 Å². The first kappa shape index (κ1) is 18.8. The molecule has 0 N–H and O–H groups in total. The van der Waals surface area contributed by atoms with Gasteiger partial charge in [-0.05, 0) is 29.7 Å². The first-order chi connectivity index (χ1) is 14.2. The van der Waals surface area contributed by atoms with Gasteiger partial charge in [-0.15, -0.1) is 0 Å². The van der Waals surface area contributed by atoms with E-state index in [0.29, 0.717) is 18.8 Å². The summed E-state index contributed by atoms with van der Waals surface area (Å²) in [4.78, 5) is 14.4. The predicted molar refractivity (Wildman–Crippen MR) is 111 cm³/mol. The molecule has 1 aliphatic rings. The Bertz CT molecular complexity index is 958. The van der Waals surface area contributed by atoms with Crippen LogP contribution in [-0.4, -0.2) is 24.1 Å². The average Bonchev–Trinajstić information content (AvgIpc) is 3.28. The number of carbonyl (C=O) groups is 1. The molecule has 3 aromatic rings. The number of hydrogen-bond donors (Lipinski definition) is 0. The second kappa shape index (κ2) is 8.20. The summed E-state index contributed by atoms with van der Waals surface area (Å²) in [5, 5.41) is 10.4. The molecule has 4 nitrogen and oxygen atoms in total. The van der Waals surface area contributed by atoms with Crippen molar-refractivity contribution in [2.24, 2.45) is 5.92 Å². The molecule has 0 aromatic heterocycles. The zero-order valence-electron chi connectivity index (χ0n) is 16.1. The zero-order chi connectivity index (χ0) is 20.1. The topological polar surface area (TPSA) is 53.3 Å². The normalized spacial score (nSPS) is 16.2. The van der Waals surface area contributed by atoms with E-state index in [1.54, 1.807) is 17.0 Å². The third-order valence-corrected chi connectivity index (χ3v) is 5.64. The first-order valence-electron chi connectivity index (χ1n) is 9.78. The third kappa shape index (κ3) is 3.60. The van der Waals surface area contributed by atoms with Gasteiger partial charge in [-0.25, -0.2) is 4.79 Å². The Morgan fingerprint density at radius 3 is 1.93 bits per heavy atom. The summed E-state index contributed by atoms with van der Waals surface area (Å²) in [7, 11) is 0. The summed E-state index contributed by atoms with van der Waals surface area (Å²) in [5.74, 6) is 0.499. The molecule has 3 aromatic carbocycles. The lowest BCUT2D eigenvalue weighted by atomic mass is 9.66. The molecule has 0 radical (unpaired) electrons. The maximum atomic E-state index is 12.7. The lowest BCUT2D eigenvalue weighted by Crippen LogP contribution is -2.39. The smallest absolute Gasteiger partial charge is 0.410 e. The van der Waals surface area contributed by atoms with Crippen molar-refractivity contribution in [2.75, 3.05) is 13.1 Å². The fourth-order valence-electron chi connectivity index (χ4n) is 4.19. The van der Waals surface area contributed by atoms with Crippen molar-refractivity contribution in [3.05, 3.63) is 102 Å². The number of nitriles is 1. The van der Waals surface area contributed by atoms with Crippen LogP contribution in [0.1, 0.15) is 17.5 Å². The molecule has 4 heteroatoms. The second-order valence-corrected chi connectivity index (χ2v) is 7.26. The van der Waals surface area contributed by atoms with Gasteiger partial charge in [0.05, 0.1) is 6.07 Å². The molecular weight excluding hydrogens is 360 g/mol. The van der Waals surface area contributed by atoms with E-state index in [-0.39, 0.29) is 12.0 Å². The number of likely N-dealkylation sites (tertiary alicyclic amines) is 1. The Balaban J connectivity index is 1.63. The van der Waals surface area contributed by atoms with Crippen LogP contribution >= 0.6 is 0 Å². The summed E-state index contributed by atoms with van der Waals surface area (Å²) in [5.41, 5.74) is 1.10. The van der Waals surface area contributed by atoms with Gasteiger partial charge in [0.15, 0.2) is 0 Å². The van der Waals surface area contributed by atoms with Crippen LogP contribution in [0, 0.1) is 17.2 Å². The monoisotopic (exact) mass is 382 g/mol. The van der Waals surface area contributed by atoms with Gasteiger partial charge in [0.2, 0.25) is 0 Å². The van der Waals surface area contributed by atoms with Gasteiger partial charge in [-0.3, -0.25) is 0 Å².